The van der Waals surface area contributed by atoms with Gasteiger partial charge in [0, 0.05) is 35.9 Å². The third-order valence-electron chi connectivity index (χ3n) is 5.46. The van der Waals surface area contributed by atoms with Crippen LogP contribution in [-0.2, 0) is 10.3 Å². The number of hydrogen-bond donors (Lipinski definition) is 3. The number of rotatable bonds is 4. The third-order valence-corrected chi connectivity index (χ3v) is 6.37. The minimum absolute atomic E-state index is 0.172. The van der Waals surface area contributed by atoms with Crippen molar-refractivity contribution in [3.05, 3.63) is 53.6 Å². The monoisotopic (exact) mass is 433 g/mol. The lowest BCUT2D eigenvalue weighted by Crippen LogP contribution is -2.52. The van der Waals surface area contributed by atoms with Crippen LogP contribution in [0.3, 0.4) is 0 Å². The Hall–Kier alpha value is -2.72. The lowest BCUT2D eigenvalue weighted by Gasteiger charge is -2.47. The van der Waals surface area contributed by atoms with Crippen LogP contribution in [0.15, 0.2) is 41.5 Å². The number of thioether (sulfide) groups is 1. The summed E-state index contributed by atoms with van der Waals surface area (Å²) < 4.78 is 34.2. The number of anilines is 2. The van der Waals surface area contributed by atoms with Crippen molar-refractivity contribution in [3.63, 3.8) is 0 Å². The van der Waals surface area contributed by atoms with Gasteiger partial charge in [-0.25, -0.2) is 13.8 Å². The van der Waals surface area contributed by atoms with E-state index in [9.17, 15) is 13.6 Å². The van der Waals surface area contributed by atoms with Crippen LogP contribution in [0.1, 0.15) is 22.5 Å². The van der Waals surface area contributed by atoms with Crippen LogP contribution in [0.4, 0.5) is 20.2 Å². The maximum atomic E-state index is 15.0. The highest BCUT2D eigenvalue weighted by Crippen LogP contribution is 2.48. The van der Waals surface area contributed by atoms with Crippen molar-refractivity contribution < 1.29 is 18.3 Å². The summed E-state index contributed by atoms with van der Waals surface area (Å²) in [5, 5.41) is 3.04. The number of ether oxygens (including phenoxy) is 1. The minimum Gasteiger partial charge on any atom is -0.397 e. The van der Waals surface area contributed by atoms with Crippen molar-refractivity contribution in [3.8, 4) is 0 Å². The quantitative estimate of drug-likeness (QED) is 0.683. The number of amides is 1. The van der Waals surface area contributed by atoms with Crippen molar-refractivity contribution in [2.45, 2.75) is 18.1 Å². The summed E-state index contributed by atoms with van der Waals surface area (Å²) in [6.07, 6.45) is 1.05. The number of amidine groups is 1. The zero-order chi connectivity index (χ0) is 21.3. The van der Waals surface area contributed by atoms with Crippen LogP contribution in [-0.4, -0.2) is 41.2 Å². The molecule has 2 aliphatic heterocycles. The number of nitrogens with zero attached hydrogens (tertiary/aromatic N) is 2. The molecule has 3 heterocycles. The second-order valence-corrected chi connectivity index (χ2v) is 8.27. The summed E-state index contributed by atoms with van der Waals surface area (Å²) >= 11 is 1.31. The van der Waals surface area contributed by atoms with Crippen molar-refractivity contribution in [2.24, 2.45) is 16.6 Å². The van der Waals surface area contributed by atoms with Crippen LogP contribution in [0.2, 0.25) is 0 Å². The maximum Gasteiger partial charge on any atom is 0.274 e. The van der Waals surface area contributed by atoms with E-state index in [1.54, 1.807) is 6.07 Å². The Morgan fingerprint density at radius 2 is 2.17 bits per heavy atom. The van der Waals surface area contributed by atoms with Gasteiger partial charge in [0.1, 0.15) is 18.2 Å². The fourth-order valence-electron chi connectivity index (χ4n) is 3.98. The van der Waals surface area contributed by atoms with Crippen molar-refractivity contribution in [1.29, 1.82) is 0 Å². The van der Waals surface area contributed by atoms with Gasteiger partial charge < -0.3 is 21.5 Å². The van der Waals surface area contributed by atoms with Crippen LogP contribution >= 0.6 is 11.8 Å². The Kier molecular flexibility index (Phi) is 5.61. The average molecular weight is 433 g/mol. The number of carbonyl (C=O) groups is 1. The van der Waals surface area contributed by atoms with Gasteiger partial charge in [0.2, 0.25) is 0 Å². The molecule has 2 aliphatic rings. The summed E-state index contributed by atoms with van der Waals surface area (Å²) in [6.45, 7) is -0.457. The van der Waals surface area contributed by atoms with Crippen LogP contribution < -0.4 is 16.8 Å². The van der Waals surface area contributed by atoms with Gasteiger partial charge in [-0.05, 0) is 30.3 Å². The molecule has 7 nitrogen and oxygen atoms in total. The zero-order valence-corrected chi connectivity index (χ0v) is 16.8. The molecule has 30 heavy (non-hydrogen) atoms. The number of nitrogens with one attached hydrogen (secondary N) is 1. The number of carbonyl (C=O) groups excluding carboxylic acids is 1. The molecule has 10 heteroatoms. The van der Waals surface area contributed by atoms with Crippen molar-refractivity contribution in [1.82, 2.24) is 4.98 Å². The standard InChI is InChI=1S/C20H21F2N5O2S/c21-8-17-14-10-30-19(24)27-20(14,5-6-29-17)13-7-12(2-3-15(13)22)26-18(28)16-4-1-11(23)9-25-16/h1-4,7,9,14,17H,5-6,8,10,23H2,(H2,24,27)(H,26,28)/t14-,17-,20-/m1/s1. The summed E-state index contributed by atoms with van der Waals surface area (Å²) in [5.41, 5.74) is 11.8. The first-order chi connectivity index (χ1) is 14.4. The molecule has 1 amide bonds. The molecule has 1 fully saturated rings. The Balaban J connectivity index is 1.70. The molecular formula is C20H21F2N5O2S. The predicted octanol–water partition coefficient (Wildman–Crippen LogP) is 2.69. The number of nitrogen functional groups attached to an aromatic ring is 1. The number of halogens is 2. The molecule has 4 rings (SSSR count). The van der Waals surface area contributed by atoms with Crippen LogP contribution in [0, 0.1) is 11.7 Å². The largest absolute Gasteiger partial charge is 0.397 e. The number of nitrogens with two attached hydrogens (primary N) is 2. The van der Waals surface area contributed by atoms with Crippen LogP contribution in [0.25, 0.3) is 0 Å². The van der Waals surface area contributed by atoms with E-state index in [1.165, 1.54) is 42.2 Å². The van der Waals surface area contributed by atoms with E-state index in [2.05, 4.69) is 15.3 Å². The second kappa shape index (κ2) is 8.19. The highest BCUT2D eigenvalue weighted by atomic mass is 32.2. The highest BCUT2D eigenvalue weighted by Gasteiger charge is 2.51. The molecule has 3 atom stereocenters. The van der Waals surface area contributed by atoms with E-state index in [0.29, 0.717) is 28.7 Å². The van der Waals surface area contributed by atoms with Gasteiger partial charge in [-0.3, -0.25) is 9.79 Å². The molecule has 0 radical (unpaired) electrons. The fourth-order valence-corrected chi connectivity index (χ4v) is 5.05. The predicted molar refractivity (Wildman–Crippen MR) is 113 cm³/mol. The zero-order valence-electron chi connectivity index (χ0n) is 16.0. The molecule has 5 N–H and O–H groups in total. The van der Waals surface area contributed by atoms with Gasteiger partial charge in [-0.15, -0.1) is 0 Å². The lowest BCUT2D eigenvalue weighted by molar-refractivity contribution is -0.0714. The van der Waals surface area contributed by atoms with E-state index >= 15 is 0 Å². The van der Waals surface area contributed by atoms with Gasteiger partial charge >= 0.3 is 0 Å². The maximum absolute atomic E-state index is 15.0. The molecule has 0 aliphatic carbocycles. The number of fused-ring (bicyclic) bond motifs is 1. The summed E-state index contributed by atoms with van der Waals surface area (Å²) in [7, 11) is 0. The Bertz CT molecular complexity index is 988. The third kappa shape index (κ3) is 3.72. The Morgan fingerprint density at radius 3 is 2.90 bits per heavy atom. The molecule has 0 spiro atoms. The molecule has 158 valence electrons. The number of aromatic nitrogens is 1. The van der Waals surface area contributed by atoms with Crippen molar-refractivity contribution >= 4 is 34.2 Å². The first kappa shape index (κ1) is 20.5. The van der Waals surface area contributed by atoms with E-state index in [-0.39, 0.29) is 23.8 Å². The molecule has 1 aromatic carbocycles. The van der Waals surface area contributed by atoms with E-state index in [1.807, 2.05) is 0 Å². The minimum atomic E-state index is -1.05. The van der Waals surface area contributed by atoms with E-state index in [4.69, 9.17) is 16.2 Å². The summed E-state index contributed by atoms with van der Waals surface area (Å²) in [5.74, 6) is -0.869. The highest BCUT2D eigenvalue weighted by molar-refractivity contribution is 8.13. The molecule has 0 unspecified atom stereocenters. The number of hydrogen-bond acceptors (Lipinski definition) is 7. The topological polar surface area (TPSA) is 116 Å². The van der Waals surface area contributed by atoms with Crippen molar-refractivity contribution in [2.75, 3.05) is 30.1 Å². The van der Waals surface area contributed by atoms with Crippen LogP contribution in [0.5, 0.6) is 0 Å². The Morgan fingerprint density at radius 1 is 1.33 bits per heavy atom. The smallest absolute Gasteiger partial charge is 0.274 e. The molecule has 1 aromatic heterocycles. The molecule has 0 saturated carbocycles. The lowest BCUT2D eigenvalue weighted by atomic mass is 9.72. The van der Waals surface area contributed by atoms with Gasteiger partial charge in [0.15, 0.2) is 5.17 Å². The fraction of sp³-hybridized carbons (Fsp3) is 0.350. The number of alkyl halides is 1. The van der Waals surface area contributed by atoms with Gasteiger partial charge in [-0.2, -0.15) is 0 Å². The van der Waals surface area contributed by atoms with Gasteiger partial charge in [0.25, 0.3) is 5.91 Å². The number of aliphatic imine (C=N–C) groups is 1. The molecular weight excluding hydrogens is 412 g/mol. The van der Waals surface area contributed by atoms with Gasteiger partial charge in [0.05, 0.1) is 23.5 Å². The second-order valence-electron chi connectivity index (χ2n) is 7.23. The average Bonchev–Trinajstić information content (AvgIpc) is 2.74. The van der Waals surface area contributed by atoms with E-state index in [0.717, 1.165) is 0 Å². The van der Waals surface area contributed by atoms with Gasteiger partial charge in [-0.1, -0.05) is 11.8 Å². The molecule has 2 aromatic rings. The molecule has 1 saturated heterocycles. The molecule has 0 bridgehead atoms. The Labute approximate surface area is 176 Å². The number of pyridine rings is 1. The number of benzene rings is 1. The van der Waals surface area contributed by atoms with E-state index < -0.39 is 30.0 Å². The first-order valence-corrected chi connectivity index (χ1v) is 10.4. The summed E-state index contributed by atoms with van der Waals surface area (Å²) in [6, 6.07) is 7.32. The first-order valence-electron chi connectivity index (χ1n) is 9.41. The normalized spacial score (nSPS) is 25.9. The SMILES string of the molecule is NC1=N[C@@]2(c3cc(NC(=O)c4ccc(N)cn4)ccc3F)CCO[C@H](CF)[C@H]2CS1. The summed E-state index contributed by atoms with van der Waals surface area (Å²) in [4.78, 5) is 21.1.